The van der Waals surface area contributed by atoms with E-state index in [1.54, 1.807) is 18.2 Å². The number of nitrogens with one attached hydrogen (secondary N) is 1. The quantitative estimate of drug-likeness (QED) is 0.717. The number of aryl methyl sites for hydroxylation is 1. The Bertz CT molecular complexity index is 813. The van der Waals surface area contributed by atoms with E-state index in [2.05, 4.69) is 10.3 Å². The number of benzene rings is 2. The van der Waals surface area contributed by atoms with Crippen LogP contribution in [0.4, 0.5) is 5.69 Å². The van der Waals surface area contributed by atoms with E-state index < -0.39 is 0 Å². The molecule has 1 amide bonds. The van der Waals surface area contributed by atoms with Gasteiger partial charge in [-0.05, 0) is 24.6 Å². The van der Waals surface area contributed by atoms with Crippen LogP contribution in [0.3, 0.4) is 0 Å². The van der Waals surface area contributed by atoms with Gasteiger partial charge in [0.05, 0.1) is 15.6 Å². The molecule has 1 heterocycles. The highest BCUT2D eigenvalue weighted by atomic mass is 32.1. The van der Waals surface area contributed by atoms with Crippen LogP contribution in [0.15, 0.2) is 54.6 Å². The number of phenolic OH excluding ortho intramolecular Hbond substituents is 1. The summed E-state index contributed by atoms with van der Waals surface area (Å²) in [4.78, 5) is 17.7. The number of amides is 1. The summed E-state index contributed by atoms with van der Waals surface area (Å²) in [5.41, 5.74) is 1.70. The van der Waals surface area contributed by atoms with Crippen molar-refractivity contribution in [2.75, 3.05) is 5.32 Å². The van der Waals surface area contributed by atoms with Crippen LogP contribution < -0.4 is 5.32 Å². The van der Waals surface area contributed by atoms with Crippen LogP contribution >= 0.6 is 11.3 Å². The predicted octanol–water partition coefficient (Wildman–Crippen LogP) is 4.08. The largest absolute Gasteiger partial charge is 0.506 e. The Balaban J connectivity index is 1.95. The summed E-state index contributed by atoms with van der Waals surface area (Å²) >= 11 is 1.48. The number of hydrogen-bond acceptors (Lipinski definition) is 4. The molecule has 0 bridgehead atoms. The van der Waals surface area contributed by atoms with Crippen LogP contribution in [-0.2, 0) is 0 Å². The van der Waals surface area contributed by atoms with Crippen molar-refractivity contribution in [1.29, 1.82) is 0 Å². The van der Waals surface area contributed by atoms with Crippen molar-refractivity contribution in [1.82, 2.24) is 4.98 Å². The van der Waals surface area contributed by atoms with Crippen molar-refractivity contribution in [3.05, 3.63) is 65.3 Å². The molecule has 1 aromatic heterocycles. The van der Waals surface area contributed by atoms with Gasteiger partial charge in [0, 0.05) is 0 Å². The highest BCUT2D eigenvalue weighted by Gasteiger charge is 2.19. The summed E-state index contributed by atoms with van der Waals surface area (Å²) in [5.74, 6) is -0.297. The second-order valence-corrected chi connectivity index (χ2v) is 5.95. The normalized spacial score (nSPS) is 10.4. The number of carbonyl (C=O) groups is 1. The molecule has 0 spiro atoms. The smallest absolute Gasteiger partial charge is 0.275 e. The first-order chi connectivity index (χ1) is 10.6. The van der Waals surface area contributed by atoms with Crippen molar-refractivity contribution < 1.29 is 9.90 Å². The van der Waals surface area contributed by atoms with Crippen LogP contribution in [0.2, 0.25) is 0 Å². The van der Waals surface area contributed by atoms with E-state index in [1.807, 2.05) is 37.3 Å². The van der Waals surface area contributed by atoms with Gasteiger partial charge in [-0.15, -0.1) is 11.3 Å². The molecule has 110 valence electrons. The SMILES string of the molecule is Cc1nc(C(=O)Nc2ccccc2O)c(-c2ccccc2)s1. The monoisotopic (exact) mass is 310 g/mol. The van der Waals surface area contributed by atoms with Gasteiger partial charge in [0.2, 0.25) is 0 Å². The fourth-order valence-corrected chi connectivity index (χ4v) is 3.05. The zero-order valence-corrected chi connectivity index (χ0v) is 12.7. The molecule has 0 aliphatic heterocycles. The topological polar surface area (TPSA) is 62.2 Å². The summed E-state index contributed by atoms with van der Waals surface area (Å²) in [6.07, 6.45) is 0. The molecule has 0 saturated carbocycles. The maximum Gasteiger partial charge on any atom is 0.275 e. The van der Waals surface area contributed by atoms with Gasteiger partial charge in [0.25, 0.3) is 5.91 Å². The Kier molecular flexibility index (Phi) is 3.89. The molecule has 0 aliphatic carbocycles. The Hall–Kier alpha value is -2.66. The molecule has 2 N–H and O–H groups in total. The van der Waals surface area contributed by atoms with Crippen molar-refractivity contribution >= 4 is 22.9 Å². The lowest BCUT2D eigenvalue weighted by atomic mass is 10.1. The van der Waals surface area contributed by atoms with E-state index >= 15 is 0 Å². The van der Waals surface area contributed by atoms with Gasteiger partial charge >= 0.3 is 0 Å². The number of phenols is 1. The fourth-order valence-electron chi connectivity index (χ4n) is 2.13. The molecular formula is C17H14N2O2S. The third-order valence-electron chi connectivity index (χ3n) is 3.14. The first-order valence-corrected chi connectivity index (χ1v) is 7.59. The summed E-state index contributed by atoms with van der Waals surface area (Å²) in [6.45, 7) is 1.87. The molecule has 4 nitrogen and oxygen atoms in total. The maximum absolute atomic E-state index is 12.5. The van der Waals surface area contributed by atoms with E-state index in [0.29, 0.717) is 11.4 Å². The van der Waals surface area contributed by atoms with E-state index in [9.17, 15) is 9.90 Å². The Morgan fingerprint density at radius 3 is 2.50 bits per heavy atom. The van der Waals surface area contributed by atoms with Gasteiger partial charge in [-0.25, -0.2) is 4.98 Å². The molecule has 3 rings (SSSR count). The lowest BCUT2D eigenvalue weighted by Crippen LogP contribution is -2.13. The zero-order valence-electron chi connectivity index (χ0n) is 11.9. The van der Waals surface area contributed by atoms with Crippen LogP contribution in [0.5, 0.6) is 5.75 Å². The number of aromatic hydroxyl groups is 1. The first kappa shape index (κ1) is 14.3. The third kappa shape index (κ3) is 2.84. The van der Waals surface area contributed by atoms with Gasteiger partial charge in [-0.2, -0.15) is 0 Å². The van der Waals surface area contributed by atoms with E-state index in [4.69, 9.17) is 0 Å². The van der Waals surface area contributed by atoms with E-state index in [0.717, 1.165) is 15.4 Å². The van der Waals surface area contributed by atoms with Crippen molar-refractivity contribution in [2.45, 2.75) is 6.92 Å². The Labute approximate surface area is 132 Å². The molecule has 0 saturated heterocycles. The Morgan fingerprint density at radius 2 is 1.77 bits per heavy atom. The van der Waals surface area contributed by atoms with Gasteiger partial charge in [0.1, 0.15) is 11.4 Å². The summed E-state index contributed by atoms with van der Waals surface area (Å²) in [6, 6.07) is 16.3. The van der Waals surface area contributed by atoms with Gasteiger partial charge in [-0.3, -0.25) is 4.79 Å². The number of para-hydroxylation sites is 2. The molecule has 0 aliphatic rings. The second-order valence-electron chi connectivity index (χ2n) is 4.75. The van der Waals surface area contributed by atoms with Gasteiger partial charge in [-0.1, -0.05) is 42.5 Å². The predicted molar refractivity (Wildman–Crippen MR) is 88.3 cm³/mol. The standard InChI is InChI=1S/C17H14N2O2S/c1-11-18-15(16(22-11)12-7-3-2-4-8-12)17(21)19-13-9-5-6-10-14(13)20/h2-10,20H,1H3,(H,19,21). The summed E-state index contributed by atoms with van der Waals surface area (Å²) < 4.78 is 0. The zero-order chi connectivity index (χ0) is 15.5. The van der Waals surface area contributed by atoms with E-state index in [1.165, 1.54) is 17.4 Å². The maximum atomic E-state index is 12.5. The lowest BCUT2D eigenvalue weighted by Gasteiger charge is -2.07. The number of anilines is 1. The third-order valence-corrected chi connectivity index (χ3v) is 4.16. The minimum absolute atomic E-state index is 0.0315. The van der Waals surface area contributed by atoms with Crippen molar-refractivity contribution in [3.63, 3.8) is 0 Å². The molecule has 0 radical (unpaired) electrons. The van der Waals surface area contributed by atoms with Crippen molar-refractivity contribution in [2.24, 2.45) is 0 Å². The summed E-state index contributed by atoms with van der Waals surface area (Å²) in [7, 11) is 0. The van der Waals surface area contributed by atoms with Crippen LogP contribution in [0.1, 0.15) is 15.5 Å². The number of carbonyl (C=O) groups excluding carboxylic acids is 1. The molecule has 0 atom stereocenters. The second kappa shape index (κ2) is 5.99. The van der Waals surface area contributed by atoms with E-state index in [-0.39, 0.29) is 11.7 Å². The lowest BCUT2D eigenvalue weighted by molar-refractivity contribution is 0.102. The molecule has 22 heavy (non-hydrogen) atoms. The number of rotatable bonds is 3. The average Bonchev–Trinajstić information content (AvgIpc) is 2.92. The molecular weight excluding hydrogens is 296 g/mol. The number of thiazole rings is 1. The van der Waals surface area contributed by atoms with Crippen LogP contribution in [0.25, 0.3) is 10.4 Å². The average molecular weight is 310 g/mol. The number of nitrogens with zero attached hydrogens (tertiary/aromatic N) is 1. The van der Waals surface area contributed by atoms with Crippen LogP contribution in [-0.4, -0.2) is 16.0 Å². The van der Waals surface area contributed by atoms with Gasteiger partial charge < -0.3 is 10.4 Å². The first-order valence-electron chi connectivity index (χ1n) is 6.77. The van der Waals surface area contributed by atoms with Gasteiger partial charge in [0.15, 0.2) is 0 Å². The Morgan fingerprint density at radius 1 is 1.09 bits per heavy atom. The summed E-state index contributed by atoms with van der Waals surface area (Å²) in [5, 5.41) is 13.3. The molecule has 0 fully saturated rings. The molecule has 0 unspecified atom stereocenters. The minimum atomic E-state index is -0.329. The highest BCUT2D eigenvalue weighted by Crippen LogP contribution is 2.31. The molecule has 2 aromatic carbocycles. The highest BCUT2D eigenvalue weighted by molar-refractivity contribution is 7.15. The fraction of sp³-hybridized carbons (Fsp3) is 0.0588. The van der Waals surface area contributed by atoms with Crippen molar-refractivity contribution in [3.8, 4) is 16.2 Å². The minimum Gasteiger partial charge on any atom is -0.506 e. The number of aromatic nitrogens is 1. The molecule has 5 heteroatoms. The van der Waals surface area contributed by atoms with Crippen LogP contribution in [0, 0.1) is 6.92 Å². The molecule has 3 aromatic rings. The number of hydrogen-bond donors (Lipinski definition) is 2.